The molecule has 2 fully saturated rings. The Morgan fingerprint density at radius 3 is 2.81 bits per heavy atom. The second-order valence-electron chi connectivity index (χ2n) is 5.52. The topological polar surface area (TPSA) is 86.9 Å². The molecule has 3 N–H and O–H groups in total. The van der Waals surface area contributed by atoms with E-state index in [4.69, 9.17) is 5.73 Å². The number of aliphatic carboxylic acids is 1. The van der Waals surface area contributed by atoms with Gasteiger partial charge in [0.2, 0.25) is 5.91 Å². The van der Waals surface area contributed by atoms with E-state index >= 15 is 0 Å². The molecule has 2 atom stereocenters. The maximum absolute atomic E-state index is 11.8. The van der Waals surface area contributed by atoms with Gasteiger partial charge in [-0.25, -0.2) is 4.79 Å². The zero-order valence-electron chi connectivity index (χ0n) is 11.7. The van der Waals surface area contributed by atoms with Crippen LogP contribution in [0.5, 0.6) is 0 Å². The molecule has 0 spiro atoms. The highest BCUT2D eigenvalue weighted by Gasteiger charge is 2.51. The van der Waals surface area contributed by atoms with Crippen molar-refractivity contribution < 1.29 is 14.7 Å². The van der Waals surface area contributed by atoms with Crippen LogP contribution in [0.3, 0.4) is 0 Å². The first kappa shape index (κ1) is 14.6. The quantitative estimate of drug-likeness (QED) is 0.723. The average molecular weight is 309 g/mol. The summed E-state index contributed by atoms with van der Waals surface area (Å²) in [5, 5.41) is 9.18. The summed E-state index contributed by atoms with van der Waals surface area (Å²) < 4.78 is 0. The Balaban J connectivity index is 1.76. The van der Waals surface area contributed by atoms with Gasteiger partial charge in [-0.3, -0.25) is 14.6 Å². The number of hydrogen-bond donors (Lipinski definition) is 2. The lowest BCUT2D eigenvalue weighted by molar-refractivity contribution is -0.147. The molecule has 6 nitrogen and oxygen atoms in total. The van der Waals surface area contributed by atoms with E-state index in [2.05, 4.69) is 4.90 Å². The number of carboxylic acid groups (broad SMARTS) is 1. The highest BCUT2D eigenvalue weighted by molar-refractivity contribution is 8.00. The van der Waals surface area contributed by atoms with Crippen molar-refractivity contribution in [1.82, 2.24) is 9.80 Å². The first-order valence-electron chi connectivity index (χ1n) is 7.15. The fourth-order valence-electron chi connectivity index (χ4n) is 2.98. The van der Waals surface area contributed by atoms with Gasteiger partial charge in [-0.15, -0.1) is 11.8 Å². The van der Waals surface area contributed by atoms with Crippen molar-refractivity contribution in [2.75, 3.05) is 25.4 Å². The van der Waals surface area contributed by atoms with Crippen LogP contribution in [0.4, 0.5) is 0 Å². The summed E-state index contributed by atoms with van der Waals surface area (Å²) in [5.74, 6) is -0.767. The molecule has 0 aromatic heterocycles. The van der Waals surface area contributed by atoms with Crippen molar-refractivity contribution in [2.45, 2.75) is 24.3 Å². The monoisotopic (exact) mass is 309 g/mol. The van der Waals surface area contributed by atoms with Gasteiger partial charge in [0.15, 0.2) is 0 Å². The minimum Gasteiger partial charge on any atom is -0.477 e. The second kappa shape index (κ2) is 5.82. The molecule has 3 heterocycles. The average Bonchev–Trinajstić information content (AvgIpc) is 2.98. The molecule has 0 aliphatic carbocycles. The number of carbonyl (C=O) groups is 2. The number of hydrogen-bond acceptors (Lipinski definition) is 5. The Labute approximate surface area is 127 Å². The van der Waals surface area contributed by atoms with Crippen molar-refractivity contribution in [2.24, 2.45) is 5.73 Å². The molecular formula is C14H19N3O3S. The number of carbonyl (C=O) groups excluding carboxylic acids is 1. The van der Waals surface area contributed by atoms with E-state index in [0.717, 1.165) is 19.6 Å². The van der Waals surface area contributed by atoms with E-state index in [1.165, 1.54) is 29.5 Å². The maximum atomic E-state index is 11.8. The van der Waals surface area contributed by atoms with E-state index in [0.29, 0.717) is 11.3 Å². The van der Waals surface area contributed by atoms with Crippen molar-refractivity contribution >= 4 is 23.6 Å². The van der Waals surface area contributed by atoms with Crippen LogP contribution in [0.25, 0.3) is 0 Å². The Morgan fingerprint density at radius 2 is 2.14 bits per heavy atom. The first-order chi connectivity index (χ1) is 10.1. The number of thioether (sulfide) groups is 1. The van der Waals surface area contributed by atoms with Gasteiger partial charge in [-0.2, -0.15) is 0 Å². The molecular weight excluding hydrogens is 290 g/mol. The lowest BCUT2D eigenvalue weighted by atomic mass is 10.0. The Hall–Kier alpha value is -1.31. The summed E-state index contributed by atoms with van der Waals surface area (Å²) in [6.45, 7) is 3.04. The normalized spacial score (nSPS) is 30.0. The predicted molar refractivity (Wildman–Crippen MR) is 80.5 cm³/mol. The van der Waals surface area contributed by atoms with Crippen LogP contribution in [0, 0.1) is 0 Å². The van der Waals surface area contributed by atoms with Crippen LogP contribution in [0.2, 0.25) is 0 Å². The van der Waals surface area contributed by atoms with Gasteiger partial charge in [-0.05, 0) is 31.5 Å². The van der Waals surface area contributed by atoms with Crippen molar-refractivity contribution in [3.63, 3.8) is 0 Å². The molecule has 0 saturated carbocycles. The molecule has 0 unspecified atom stereocenters. The SMILES string of the molecule is N[C@@H]1C(=O)N2C(C(=O)O)=C(C=CCN3CCCC3)CS[C@H]12. The third-order valence-electron chi connectivity index (χ3n) is 4.12. The minimum absolute atomic E-state index is 0.100. The zero-order valence-corrected chi connectivity index (χ0v) is 12.5. The highest BCUT2D eigenvalue weighted by atomic mass is 32.2. The van der Waals surface area contributed by atoms with Crippen molar-refractivity contribution in [3.05, 3.63) is 23.4 Å². The van der Waals surface area contributed by atoms with Gasteiger partial charge in [-0.1, -0.05) is 12.2 Å². The van der Waals surface area contributed by atoms with Crippen LogP contribution in [-0.4, -0.2) is 63.6 Å². The van der Waals surface area contributed by atoms with Gasteiger partial charge in [0.1, 0.15) is 17.1 Å². The number of β-lactam (4-membered cyclic amide) rings is 1. The van der Waals surface area contributed by atoms with Crippen LogP contribution >= 0.6 is 11.8 Å². The molecule has 3 aliphatic heterocycles. The minimum atomic E-state index is -1.05. The highest BCUT2D eigenvalue weighted by Crippen LogP contribution is 2.39. The predicted octanol–water partition coefficient (Wildman–Crippen LogP) is 0.220. The number of amides is 1. The molecule has 2 saturated heterocycles. The molecule has 7 heteroatoms. The smallest absolute Gasteiger partial charge is 0.352 e. The number of nitrogens with two attached hydrogens (primary N) is 1. The van der Waals surface area contributed by atoms with Gasteiger partial charge in [0.25, 0.3) is 0 Å². The summed E-state index contributed by atoms with van der Waals surface area (Å²) in [6.07, 6.45) is 6.31. The summed E-state index contributed by atoms with van der Waals surface area (Å²) in [4.78, 5) is 26.9. The number of nitrogens with zero attached hydrogens (tertiary/aromatic N) is 2. The first-order valence-corrected chi connectivity index (χ1v) is 8.20. The van der Waals surface area contributed by atoms with E-state index < -0.39 is 12.0 Å². The zero-order chi connectivity index (χ0) is 15.0. The molecule has 0 aromatic rings. The van der Waals surface area contributed by atoms with E-state index in [1.807, 2.05) is 12.2 Å². The Kier molecular flexibility index (Phi) is 4.05. The van der Waals surface area contributed by atoms with Gasteiger partial charge in [0, 0.05) is 12.3 Å². The third-order valence-corrected chi connectivity index (χ3v) is 5.45. The Bertz CT molecular complexity index is 526. The summed E-state index contributed by atoms with van der Waals surface area (Å²) in [5.41, 5.74) is 6.51. The Morgan fingerprint density at radius 1 is 1.43 bits per heavy atom. The van der Waals surface area contributed by atoms with Crippen molar-refractivity contribution in [3.8, 4) is 0 Å². The fraction of sp³-hybridized carbons (Fsp3) is 0.571. The number of fused-ring (bicyclic) bond motifs is 1. The fourth-order valence-corrected chi connectivity index (χ4v) is 4.24. The maximum Gasteiger partial charge on any atom is 0.352 e. The van der Waals surface area contributed by atoms with Gasteiger partial charge >= 0.3 is 5.97 Å². The van der Waals surface area contributed by atoms with E-state index in [1.54, 1.807) is 0 Å². The summed E-state index contributed by atoms with van der Waals surface area (Å²) in [6, 6.07) is -0.570. The standard InChI is InChI=1S/C14H19N3O3S/c15-10-12(18)17-11(14(19)20)9(8-21-13(10)17)4-3-7-16-5-1-2-6-16/h3-4,10,13H,1-2,5-8,15H2,(H,19,20)/t10-,13-/m1/s1. The number of rotatable bonds is 4. The van der Waals surface area contributed by atoms with Crippen LogP contribution in [0.1, 0.15) is 12.8 Å². The summed E-state index contributed by atoms with van der Waals surface area (Å²) in [7, 11) is 0. The molecule has 3 aliphatic rings. The lowest BCUT2D eigenvalue weighted by Gasteiger charge is -2.47. The number of carboxylic acids is 1. The lowest BCUT2D eigenvalue weighted by Crippen LogP contribution is -2.68. The largest absolute Gasteiger partial charge is 0.477 e. The van der Waals surface area contributed by atoms with E-state index in [9.17, 15) is 14.7 Å². The van der Waals surface area contributed by atoms with Crippen LogP contribution in [-0.2, 0) is 9.59 Å². The van der Waals surface area contributed by atoms with Gasteiger partial charge in [0.05, 0.1) is 0 Å². The molecule has 1 amide bonds. The van der Waals surface area contributed by atoms with E-state index in [-0.39, 0.29) is 17.0 Å². The molecule has 0 radical (unpaired) electrons. The summed E-state index contributed by atoms with van der Waals surface area (Å²) >= 11 is 1.53. The number of likely N-dealkylation sites (tertiary alicyclic amines) is 1. The van der Waals surface area contributed by atoms with Crippen molar-refractivity contribution in [1.29, 1.82) is 0 Å². The molecule has 21 heavy (non-hydrogen) atoms. The molecule has 0 bridgehead atoms. The van der Waals surface area contributed by atoms with Crippen LogP contribution < -0.4 is 5.73 Å². The molecule has 3 rings (SSSR count). The van der Waals surface area contributed by atoms with Gasteiger partial charge < -0.3 is 10.8 Å². The molecule has 0 aromatic carbocycles. The molecule has 114 valence electrons. The van der Waals surface area contributed by atoms with Crippen LogP contribution in [0.15, 0.2) is 23.4 Å². The third kappa shape index (κ3) is 2.61. The second-order valence-corrected chi connectivity index (χ2v) is 6.63. The number of allylic oxidation sites excluding steroid dienone is 1.